The number of hydrogen-bond acceptors (Lipinski definition) is 2. The minimum atomic E-state index is 0.324. The fourth-order valence-corrected chi connectivity index (χ4v) is 2.21. The van der Waals surface area contributed by atoms with Crippen LogP contribution in [0.3, 0.4) is 0 Å². The third-order valence-electron chi connectivity index (χ3n) is 3.55. The van der Waals surface area contributed by atoms with Crippen molar-refractivity contribution in [2.45, 2.75) is 33.4 Å². The first kappa shape index (κ1) is 14.6. The van der Waals surface area contributed by atoms with Gasteiger partial charge >= 0.3 is 0 Å². The van der Waals surface area contributed by atoms with Crippen molar-refractivity contribution >= 4 is 0 Å². The molecule has 1 atom stereocenters. The van der Waals surface area contributed by atoms with Gasteiger partial charge in [-0.3, -0.25) is 0 Å². The first-order valence-electron chi connectivity index (χ1n) is 7.21. The van der Waals surface area contributed by atoms with Gasteiger partial charge in [0, 0.05) is 12.6 Å². The van der Waals surface area contributed by atoms with Crippen LogP contribution < -0.4 is 10.1 Å². The highest BCUT2D eigenvalue weighted by Crippen LogP contribution is 2.18. The normalized spacial score (nSPS) is 12.2. The summed E-state index contributed by atoms with van der Waals surface area (Å²) in [6, 6.07) is 17.1. The molecule has 0 heterocycles. The van der Waals surface area contributed by atoms with Gasteiger partial charge in [0.15, 0.2) is 0 Å². The molecule has 20 heavy (non-hydrogen) atoms. The molecule has 2 aromatic carbocycles. The number of ether oxygens (including phenoxy) is 1. The van der Waals surface area contributed by atoms with Crippen molar-refractivity contribution in [2.75, 3.05) is 6.61 Å². The van der Waals surface area contributed by atoms with Crippen LogP contribution in [-0.4, -0.2) is 6.61 Å². The molecule has 0 aliphatic rings. The molecule has 0 radical (unpaired) electrons. The predicted molar refractivity (Wildman–Crippen MR) is 84.0 cm³/mol. The summed E-state index contributed by atoms with van der Waals surface area (Å²) in [5.74, 6) is 0.933. The summed E-state index contributed by atoms with van der Waals surface area (Å²) in [4.78, 5) is 0. The van der Waals surface area contributed by atoms with Crippen LogP contribution >= 0.6 is 0 Å². The Morgan fingerprint density at radius 3 is 2.40 bits per heavy atom. The van der Waals surface area contributed by atoms with Crippen LogP contribution in [0, 0.1) is 6.92 Å². The Morgan fingerprint density at radius 1 is 1.05 bits per heavy atom. The van der Waals surface area contributed by atoms with Gasteiger partial charge < -0.3 is 10.1 Å². The van der Waals surface area contributed by atoms with Crippen LogP contribution in [0.15, 0.2) is 48.5 Å². The summed E-state index contributed by atoms with van der Waals surface area (Å²) in [5.41, 5.74) is 3.96. The fraction of sp³-hybridized carbons (Fsp3) is 0.333. The first-order valence-corrected chi connectivity index (χ1v) is 7.21. The maximum absolute atomic E-state index is 5.47. The van der Waals surface area contributed by atoms with Crippen molar-refractivity contribution in [3.8, 4) is 5.75 Å². The summed E-state index contributed by atoms with van der Waals surface area (Å²) in [7, 11) is 0. The maximum Gasteiger partial charge on any atom is 0.119 e. The summed E-state index contributed by atoms with van der Waals surface area (Å²) in [5, 5.41) is 3.57. The van der Waals surface area contributed by atoms with E-state index in [1.807, 2.05) is 19.1 Å². The van der Waals surface area contributed by atoms with Crippen LogP contribution in [0.2, 0.25) is 0 Å². The average Bonchev–Trinajstić information content (AvgIpc) is 2.47. The van der Waals surface area contributed by atoms with Crippen molar-refractivity contribution in [1.29, 1.82) is 0 Å². The van der Waals surface area contributed by atoms with Crippen LogP contribution in [0.1, 0.15) is 36.6 Å². The first-order chi connectivity index (χ1) is 9.70. The quantitative estimate of drug-likeness (QED) is 0.846. The molecule has 2 heteroatoms. The summed E-state index contributed by atoms with van der Waals surface area (Å²) >= 11 is 0. The molecule has 0 spiro atoms. The average molecular weight is 269 g/mol. The second-order valence-electron chi connectivity index (χ2n) is 5.03. The van der Waals surface area contributed by atoms with Gasteiger partial charge in [-0.25, -0.2) is 0 Å². The molecule has 2 nitrogen and oxygen atoms in total. The number of hydrogen-bond donors (Lipinski definition) is 1. The molecule has 0 bridgehead atoms. The Bertz CT molecular complexity index is 533. The third-order valence-corrected chi connectivity index (χ3v) is 3.55. The standard InChI is InChI=1S/C18H23NO/c1-4-20-18-11-9-16(10-12-18)15(3)19-13-17-8-6-5-7-14(17)2/h5-12,15,19H,4,13H2,1-3H3. The number of nitrogens with one attached hydrogen (secondary N) is 1. The Labute approximate surface area is 121 Å². The Balaban J connectivity index is 1.94. The van der Waals surface area contributed by atoms with Crippen molar-refractivity contribution in [3.63, 3.8) is 0 Å². The van der Waals surface area contributed by atoms with E-state index >= 15 is 0 Å². The zero-order valence-electron chi connectivity index (χ0n) is 12.5. The van der Waals surface area contributed by atoms with Crippen molar-refractivity contribution in [3.05, 3.63) is 65.2 Å². The largest absolute Gasteiger partial charge is 0.494 e. The molecule has 0 fully saturated rings. The number of rotatable bonds is 6. The molecule has 0 amide bonds. The third kappa shape index (κ3) is 3.84. The molecular formula is C18H23NO. The van der Waals surface area contributed by atoms with Gasteiger partial charge in [-0.05, 0) is 49.6 Å². The van der Waals surface area contributed by atoms with Gasteiger partial charge in [0.25, 0.3) is 0 Å². The topological polar surface area (TPSA) is 21.3 Å². The Morgan fingerprint density at radius 2 is 1.75 bits per heavy atom. The molecule has 1 N–H and O–H groups in total. The molecule has 2 rings (SSSR count). The minimum Gasteiger partial charge on any atom is -0.494 e. The molecule has 0 saturated carbocycles. The van der Waals surface area contributed by atoms with Crippen LogP contribution in [0.4, 0.5) is 0 Å². The molecule has 106 valence electrons. The van der Waals surface area contributed by atoms with Crippen LogP contribution in [-0.2, 0) is 6.54 Å². The second kappa shape index (κ2) is 7.11. The molecular weight excluding hydrogens is 246 g/mol. The van der Waals surface area contributed by atoms with Gasteiger partial charge in [-0.15, -0.1) is 0 Å². The summed E-state index contributed by atoms with van der Waals surface area (Å²) < 4.78 is 5.47. The minimum absolute atomic E-state index is 0.324. The van der Waals surface area contributed by atoms with Gasteiger partial charge in [0.1, 0.15) is 5.75 Å². The Kier molecular flexibility index (Phi) is 5.19. The van der Waals surface area contributed by atoms with Gasteiger partial charge in [-0.1, -0.05) is 36.4 Å². The predicted octanol–water partition coefficient (Wildman–Crippen LogP) is 4.24. The van der Waals surface area contributed by atoms with Gasteiger partial charge in [0.05, 0.1) is 6.61 Å². The molecule has 0 aliphatic heterocycles. The fourth-order valence-electron chi connectivity index (χ4n) is 2.21. The monoisotopic (exact) mass is 269 g/mol. The van der Waals surface area contributed by atoms with E-state index in [-0.39, 0.29) is 0 Å². The lowest BCUT2D eigenvalue weighted by molar-refractivity contribution is 0.340. The van der Waals surface area contributed by atoms with E-state index in [4.69, 9.17) is 4.74 Å². The van der Waals surface area contributed by atoms with E-state index in [2.05, 4.69) is 55.6 Å². The highest BCUT2D eigenvalue weighted by molar-refractivity contribution is 5.29. The zero-order chi connectivity index (χ0) is 14.4. The molecule has 0 saturated heterocycles. The summed E-state index contributed by atoms with van der Waals surface area (Å²) in [6.45, 7) is 7.94. The number of aryl methyl sites for hydroxylation is 1. The van der Waals surface area contributed by atoms with Crippen molar-refractivity contribution < 1.29 is 4.74 Å². The highest BCUT2D eigenvalue weighted by atomic mass is 16.5. The van der Waals surface area contributed by atoms with E-state index in [0.717, 1.165) is 12.3 Å². The summed E-state index contributed by atoms with van der Waals surface area (Å²) in [6.07, 6.45) is 0. The van der Waals surface area contributed by atoms with Gasteiger partial charge in [0.2, 0.25) is 0 Å². The lowest BCUT2D eigenvalue weighted by Crippen LogP contribution is -2.18. The SMILES string of the molecule is CCOc1ccc(C(C)NCc2ccccc2C)cc1. The zero-order valence-corrected chi connectivity index (χ0v) is 12.5. The van der Waals surface area contributed by atoms with E-state index in [9.17, 15) is 0 Å². The van der Waals surface area contributed by atoms with Crippen molar-refractivity contribution in [2.24, 2.45) is 0 Å². The smallest absolute Gasteiger partial charge is 0.119 e. The van der Waals surface area contributed by atoms with Crippen LogP contribution in [0.25, 0.3) is 0 Å². The van der Waals surface area contributed by atoms with Crippen LogP contribution in [0.5, 0.6) is 5.75 Å². The van der Waals surface area contributed by atoms with E-state index in [0.29, 0.717) is 12.6 Å². The second-order valence-corrected chi connectivity index (χ2v) is 5.03. The van der Waals surface area contributed by atoms with E-state index in [1.54, 1.807) is 0 Å². The number of benzene rings is 2. The molecule has 2 aromatic rings. The highest BCUT2D eigenvalue weighted by Gasteiger charge is 2.06. The van der Waals surface area contributed by atoms with Crippen molar-refractivity contribution in [1.82, 2.24) is 5.32 Å². The van der Waals surface area contributed by atoms with Gasteiger partial charge in [-0.2, -0.15) is 0 Å². The Hall–Kier alpha value is -1.80. The lowest BCUT2D eigenvalue weighted by Gasteiger charge is -2.16. The molecule has 0 aromatic heterocycles. The maximum atomic E-state index is 5.47. The van der Waals surface area contributed by atoms with E-state index < -0.39 is 0 Å². The van der Waals surface area contributed by atoms with E-state index in [1.165, 1.54) is 16.7 Å². The molecule has 0 aliphatic carbocycles. The lowest BCUT2D eigenvalue weighted by atomic mass is 10.1. The molecule has 1 unspecified atom stereocenters.